The third kappa shape index (κ3) is 4.37. The van der Waals surface area contributed by atoms with Gasteiger partial charge in [0.2, 0.25) is 0 Å². The first-order chi connectivity index (χ1) is 10.5. The van der Waals surface area contributed by atoms with Gasteiger partial charge >= 0.3 is 5.97 Å². The summed E-state index contributed by atoms with van der Waals surface area (Å²) in [6.07, 6.45) is 4.51. The van der Waals surface area contributed by atoms with Crippen molar-refractivity contribution in [1.82, 2.24) is 5.32 Å². The molecule has 22 heavy (non-hydrogen) atoms. The lowest BCUT2D eigenvalue weighted by Crippen LogP contribution is -2.42. The Morgan fingerprint density at radius 2 is 1.77 bits per heavy atom. The average Bonchev–Trinajstić information content (AvgIpc) is 2.48. The minimum absolute atomic E-state index is 0.0862. The van der Waals surface area contributed by atoms with Crippen LogP contribution in [-0.4, -0.2) is 24.0 Å². The molecule has 0 aromatic heterocycles. The molecule has 1 atom stereocenters. The molecule has 0 spiro atoms. The largest absolute Gasteiger partial charge is 0.449 e. The summed E-state index contributed by atoms with van der Waals surface area (Å²) >= 11 is 11.9. The number of benzene rings is 1. The number of ether oxygens (including phenoxy) is 1. The lowest BCUT2D eigenvalue weighted by atomic mass is 9.95. The highest BCUT2D eigenvalue weighted by molar-refractivity contribution is 6.39. The van der Waals surface area contributed by atoms with E-state index in [1.807, 2.05) is 0 Å². The number of amides is 1. The van der Waals surface area contributed by atoms with Crippen molar-refractivity contribution in [2.75, 3.05) is 0 Å². The molecule has 2 rings (SSSR count). The van der Waals surface area contributed by atoms with Crippen molar-refractivity contribution < 1.29 is 14.3 Å². The van der Waals surface area contributed by atoms with Gasteiger partial charge in [-0.15, -0.1) is 0 Å². The van der Waals surface area contributed by atoms with E-state index in [1.54, 1.807) is 25.1 Å². The van der Waals surface area contributed by atoms with Gasteiger partial charge in [-0.2, -0.15) is 0 Å². The number of nitrogens with one attached hydrogen (secondary N) is 1. The predicted molar refractivity (Wildman–Crippen MR) is 86.4 cm³/mol. The molecule has 4 nitrogen and oxygen atoms in total. The first-order valence-electron chi connectivity index (χ1n) is 7.44. The molecule has 1 fully saturated rings. The maximum absolute atomic E-state index is 12.1. The van der Waals surface area contributed by atoms with Gasteiger partial charge in [-0.25, -0.2) is 4.79 Å². The summed E-state index contributed by atoms with van der Waals surface area (Å²) in [5, 5.41) is 3.33. The molecule has 1 saturated carbocycles. The van der Waals surface area contributed by atoms with Crippen molar-refractivity contribution in [2.24, 2.45) is 0 Å². The Labute approximate surface area is 140 Å². The number of hydrogen-bond donors (Lipinski definition) is 1. The van der Waals surface area contributed by atoms with E-state index in [-0.39, 0.29) is 27.6 Å². The second kappa shape index (κ2) is 7.84. The van der Waals surface area contributed by atoms with Gasteiger partial charge in [-0.1, -0.05) is 48.5 Å². The number of carbonyl (C=O) groups is 2. The number of rotatable bonds is 4. The van der Waals surface area contributed by atoms with Gasteiger partial charge in [0.25, 0.3) is 5.91 Å². The van der Waals surface area contributed by atoms with E-state index in [4.69, 9.17) is 27.9 Å². The number of halogens is 2. The molecule has 6 heteroatoms. The van der Waals surface area contributed by atoms with Gasteiger partial charge in [-0.05, 0) is 31.9 Å². The van der Waals surface area contributed by atoms with E-state index < -0.39 is 12.1 Å². The van der Waals surface area contributed by atoms with E-state index in [0.29, 0.717) is 0 Å². The number of carbonyl (C=O) groups excluding carboxylic acids is 2. The minimum atomic E-state index is -0.887. The smallest absolute Gasteiger partial charge is 0.341 e. The molecule has 1 aliphatic carbocycles. The van der Waals surface area contributed by atoms with E-state index >= 15 is 0 Å². The highest BCUT2D eigenvalue weighted by atomic mass is 35.5. The van der Waals surface area contributed by atoms with Crippen LogP contribution in [0.2, 0.25) is 10.0 Å². The zero-order valence-corrected chi connectivity index (χ0v) is 13.9. The average molecular weight is 344 g/mol. The molecule has 0 radical (unpaired) electrons. The van der Waals surface area contributed by atoms with Crippen LogP contribution in [0.3, 0.4) is 0 Å². The van der Waals surface area contributed by atoms with Crippen LogP contribution in [0.1, 0.15) is 49.4 Å². The Morgan fingerprint density at radius 1 is 1.18 bits per heavy atom. The zero-order valence-electron chi connectivity index (χ0n) is 12.4. The summed E-state index contributed by atoms with van der Waals surface area (Å²) in [5.41, 5.74) is 0.0862. The highest BCUT2D eigenvalue weighted by Gasteiger charge is 2.24. The maximum Gasteiger partial charge on any atom is 0.341 e. The minimum Gasteiger partial charge on any atom is -0.449 e. The molecule has 0 bridgehead atoms. The molecule has 0 saturated heterocycles. The van der Waals surface area contributed by atoms with Crippen LogP contribution in [-0.2, 0) is 9.53 Å². The number of esters is 1. The molecule has 1 aliphatic rings. The van der Waals surface area contributed by atoms with Gasteiger partial charge in [0, 0.05) is 6.04 Å². The summed E-state index contributed by atoms with van der Waals surface area (Å²) in [6.45, 7) is 1.54. The summed E-state index contributed by atoms with van der Waals surface area (Å²) in [6, 6.07) is 4.92. The summed E-state index contributed by atoms with van der Waals surface area (Å²) in [4.78, 5) is 24.2. The zero-order chi connectivity index (χ0) is 16.1. The van der Waals surface area contributed by atoms with E-state index in [0.717, 1.165) is 25.7 Å². The van der Waals surface area contributed by atoms with E-state index in [2.05, 4.69) is 5.32 Å². The van der Waals surface area contributed by atoms with Crippen LogP contribution >= 0.6 is 23.2 Å². The highest BCUT2D eigenvalue weighted by Crippen LogP contribution is 2.25. The molecule has 120 valence electrons. The standard InChI is InChI=1S/C16H19Cl2NO3/c1-10(15(20)19-11-6-3-2-4-7-11)22-16(21)14-12(17)8-5-9-13(14)18/h5,8-11H,2-4,6-7H2,1H3,(H,19,20)/t10-/m0/s1. The Morgan fingerprint density at radius 3 is 2.36 bits per heavy atom. The predicted octanol–water partition coefficient (Wildman–Crippen LogP) is 3.99. The number of hydrogen-bond acceptors (Lipinski definition) is 3. The molecule has 1 aromatic carbocycles. The molecule has 0 heterocycles. The Kier molecular flexibility index (Phi) is 6.09. The van der Waals surface area contributed by atoms with Gasteiger partial charge in [0.15, 0.2) is 6.10 Å². The summed E-state index contributed by atoms with van der Waals surface area (Å²) in [5.74, 6) is -0.981. The van der Waals surface area contributed by atoms with E-state index in [1.165, 1.54) is 6.42 Å². The monoisotopic (exact) mass is 343 g/mol. The molecule has 1 amide bonds. The van der Waals surface area contributed by atoms with Crippen molar-refractivity contribution in [2.45, 2.75) is 51.2 Å². The SMILES string of the molecule is C[C@H](OC(=O)c1c(Cl)cccc1Cl)C(=O)NC1CCCCC1. The molecular formula is C16H19Cl2NO3. The first kappa shape index (κ1) is 17.1. The fourth-order valence-corrected chi connectivity index (χ4v) is 3.08. The van der Waals surface area contributed by atoms with Gasteiger partial charge in [-0.3, -0.25) is 4.79 Å². The fourth-order valence-electron chi connectivity index (χ4n) is 2.53. The summed E-state index contributed by atoms with van der Waals surface area (Å²) in [7, 11) is 0. The molecular weight excluding hydrogens is 325 g/mol. The van der Waals surface area contributed by atoms with Gasteiger partial charge in [0.1, 0.15) is 0 Å². The lowest BCUT2D eigenvalue weighted by molar-refractivity contribution is -0.130. The molecule has 0 unspecified atom stereocenters. The van der Waals surface area contributed by atoms with Crippen molar-refractivity contribution in [1.29, 1.82) is 0 Å². The molecule has 1 aromatic rings. The second-order valence-corrected chi connectivity index (χ2v) is 6.30. The van der Waals surface area contributed by atoms with Crippen molar-refractivity contribution in [3.63, 3.8) is 0 Å². The molecule has 0 aliphatic heterocycles. The van der Waals surface area contributed by atoms with Crippen LogP contribution in [0, 0.1) is 0 Å². The van der Waals surface area contributed by atoms with Gasteiger partial charge < -0.3 is 10.1 Å². The quantitative estimate of drug-likeness (QED) is 0.841. The topological polar surface area (TPSA) is 55.4 Å². The van der Waals surface area contributed by atoms with Crippen LogP contribution in [0.5, 0.6) is 0 Å². The summed E-state index contributed by atoms with van der Waals surface area (Å²) < 4.78 is 5.18. The Hall–Kier alpha value is -1.26. The van der Waals surface area contributed by atoms with Crippen molar-refractivity contribution in [3.8, 4) is 0 Å². The van der Waals surface area contributed by atoms with Crippen molar-refractivity contribution in [3.05, 3.63) is 33.8 Å². The van der Waals surface area contributed by atoms with Crippen LogP contribution < -0.4 is 5.32 Å². The maximum atomic E-state index is 12.1. The van der Waals surface area contributed by atoms with E-state index in [9.17, 15) is 9.59 Å². The lowest BCUT2D eigenvalue weighted by Gasteiger charge is -2.24. The normalized spacial score (nSPS) is 16.9. The Balaban J connectivity index is 1.94. The molecule has 1 N–H and O–H groups in total. The van der Waals surface area contributed by atoms with Gasteiger partial charge in [0.05, 0.1) is 15.6 Å². The third-order valence-electron chi connectivity index (χ3n) is 3.77. The first-order valence-corrected chi connectivity index (χ1v) is 8.20. The third-order valence-corrected chi connectivity index (χ3v) is 4.40. The van der Waals surface area contributed by atoms with Crippen LogP contribution in [0.15, 0.2) is 18.2 Å². The van der Waals surface area contributed by atoms with Crippen molar-refractivity contribution >= 4 is 35.1 Å². The second-order valence-electron chi connectivity index (χ2n) is 5.49. The Bertz CT molecular complexity index is 536. The fraction of sp³-hybridized carbons (Fsp3) is 0.500. The van der Waals surface area contributed by atoms with Crippen LogP contribution in [0.25, 0.3) is 0 Å². The van der Waals surface area contributed by atoms with Crippen LogP contribution in [0.4, 0.5) is 0 Å².